The van der Waals surface area contributed by atoms with Gasteiger partial charge in [-0.2, -0.15) is 0 Å². The molecule has 4 nitrogen and oxygen atoms in total. The van der Waals surface area contributed by atoms with Gasteiger partial charge in [-0.15, -0.1) is 0 Å². The van der Waals surface area contributed by atoms with Gasteiger partial charge in [-0.3, -0.25) is 9.78 Å². The maximum Gasteiger partial charge on any atom is 0.272 e. The molecule has 0 radical (unpaired) electrons. The van der Waals surface area contributed by atoms with Crippen molar-refractivity contribution in [2.24, 2.45) is 0 Å². The van der Waals surface area contributed by atoms with E-state index in [0.29, 0.717) is 5.69 Å². The van der Waals surface area contributed by atoms with E-state index in [4.69, 9.17) is 0 Å². The Morgan fingerprint density at radius 1 is 1.19 bits per heavy atom. The molecule has 0 saturated carbocycles. The smallest absolute Gasteiger partial charge is 0.272 e. The van der Waals surface area contributed by atoms with Gasteiger partial charge in [-0.25, -0.2) is 0 Å². The number of hydrogen-bond donors (Lipinski definition) is 0. The van der Waals surface area contributed by atoms with Crippen LogP contribution in [0, 0.1) is 0 Å². The lowest BCUT2D eigenvalue weighted by molar-refractivity contribution is 0.0718. The summed E-state index contributed by atoms with van der Waals surface area (Å²) in [6.45, 7) is 8.16. The molecule has 0 N–H and O–H groups in total. The van der Waals surface area contributed by atoms with Gasteiger partial charge >= 0.3 is 0 Å². The Bertz CT molecular complexity index is 449. The van der Waals surface area contributed by atoms with E-state index in [9.17, 15) is 4.79 Å². The van der Waals surface area contributed by atoms with Gasteiger partial charge < -0.3 is 9.80 Å². The zero-order valence-corrected chi connectivity index (χ0v) is 13.3. The number of anilines is 1. The predicted molar refractivity (Wildman–Crippen MR) is 86.8 cm³/mol. The Morgan fingerprint density at radius 2 is 1.86 bits per heavy atom. The van der Waals surface area contributed by atoms with Crippen LogP contribution in [0.2, 0.25) is 0 Å². The second-order valence-corrected chi connectivity index (χ2v) is 5.74. The summed E-state index contributed by atoms with van der Waals surface area (Å²) in [6.07, 6.45) is 7.45. The van der Waals surface area contributed by atoms with Crippen molar-refractivity contribution in [3.05, 3.63) is 24.0 Å². The van der Waals surface area contributed by atoms with E-state index in [-0.39, 0.29) is 5.91 Å². The molecule has 0 unspecified atom stereocenters. The van der Waals surface area contributed by atoms with Gasteiger partial charge in [0.05, 0.1) is 0 Å². The number of likely N-dealkylation sites (tertiary alicyclic amines) is 1. The SMILES string of the molecule is CCCN(CCC)c1ccnc(C(=O)N2CCCCC2)c1. The topological polar surface area (TPSA) is 36.4 Å². The molecular formula is C17H27N3O. The Kier molecular flexibility index (Phi) is 6.03. The highest BCUT2D eigenvalue weighted by Crippen LogP contribution is 2.18. The highest BCUT2D eigenvalue weighted by atomic mass is 16.2. The third-order valence-corrected chi connectivity index (χ3v) is 3.96. The lowest BCUT2D eigenvalue weighted by atomic mass is 10.1. The van der Waals surface area contributed by atoms with Crippen LogP contribution < -0.4 is 4.90 Å². The van der Waals surface area contributed by atoms with Gasteiger partial charge in [0.2, 0.25) is 0 Å². The Labute approximate surface area is 128 Å². The molecule has 1 aromatic heterocycles. The van der Waals surface area contributed by atoms with Crippen molar-refractivity contribution >= 4 is 11.6 Å². The van der Waals surface area contributed by atoms with Crippen molar-refractivity contribution in [1.29, 1.82) is 0 Å². The summed E-state index contributed by atoms with van der Waals surface area (Å²) < 4.78 is 0. The number of amides is 1. The molecule has 21 heavy (non-hydrogen) atoms. The first-order valence-electron chi connectivity index (χ1n) is 8.26. The third-order valence-electron chi connectivity index (χ3n) is 3.96. The molecule has 0 bridgehead atoms. The summed E-state index contributed by atoms with van der Waals surface area (Å²) in [7, 11) is 0. The molecule has 0 aliphatic carbocycles. The number of pyridine rings is 1. The molecule has 1 fully saturated rings. The van der Waals surface area contributed by atoms with Crippen LogP contribution in [0.15, 0.2) is 18.3 Å². The minimum Gasteiger partial charge on any atom is -0.371 e. The van der Waals surface area contributed by atoms with Gasteiger partial charge in [0, 0.05) is 38.1 Å². The van der Waals surface area contributed by atoms with E-state index >= 15 is 0 Å². The molecule has 1 amide bonds. The van der Waals surface area contributed by atoms with Crippen LogP contribution in [0.1, 0.15) is 56.4 Å². The number of rotatable bonds is 6. The van der Waals surface area contributed by atoms with E-state index < -0.39 is 0 Å². The number of carbonyl (C=O) groups is 1. The molecule has 0 atom stereocenters. The van der Waals surface area contributed by atoms with Crippen LogP contribution in [0.4, 0.5) is 5.69 Å². The summed E-state index contributed by atoms with van der Waals surface area (Å²) in [6, 6.07) is 3.97. The predicted octanol–water partition coefficient (Wildman–Crippen LogP) is 3.33. The lowest BCUT2D eigenvalue weighted by Crippen LogP contribution is -2.36. The van der Waals surface area contributed by atoms with Crippen LogP contribution in [0.5, 0.6) is 0 Å². The molecular weight excluding hydrogens is 262 g/mol. The Morgan fingerprint density at radius 3 is 2.48 bits per heavy atom. The number of piperidine rings is 1. The normalized spacial score (nSPS) is 15.0. The second kappa shape index (κ2) is 8.01. The van der Waals surface area contributed by atoms with Crippen LogP contribution in [-0.2, 0) is 0 Å². The van der Waals surface area contributed by atoms with Crippen molar-refractivity contribution in [3.8, 4) is 0 Å². The molecule has 1 aliphatic heterocycles. The minimum atomic E-state index is 0.0875. The highest BCUT2D eigenvalue weighted by molar-refractivity contribution is 5.93. The number of hydrogen-bond acceptors (Lipinski definition) is 3. The highest BCUT2D eigenvalue weighted by Gasteiger charge is 2.20. The fourth-order valence-electron chi connectivity index (χ4n) is 2.90. The molecule has 2 rings (SSSR count). The van der Waals surface area contributed by atoms with Crippen LogP contribution >= 0.6 is 0 Å². The van der Waals surface area contributed by atoms with Crippen molar-refractivity contribution < 1.29 is 4.79 Å². The summed E-state index contributed by atoms with van der Waals surface area (Å²) >= 11 is 0. The van der Waals surface area contributed by atoms with E-state index in [1.807, 2.05) is 17.0 Å². The van der Waals surface area contributed by atoms with Crippen molar-refractivity contribution in [1.82, 2.24) is 9.88 Å². The minimum absolute atomic E-state index is 0.0875. The molecule has 4 heteroatoms. The third kappa shape index (κ3) is 4.19. The van der Waals surface area contributed by atoms with Crippen molar-refractivity contribution in [2.75, 3.05) is 31.1 Å². The summed E-state index contributed by atoms with van der Waals surface area (Å²) in [4.78, 5) is 21.1. The van der Waals surface area contributed by atoms with E-state index in [1.54, 1.807) is 6.20 Å². The molecule has 1 aromatic rings. The maximum atomic E-state index is 12.5. The quantitative estimate of drug-likeness (QED) is 0.806. The number of carbonyl (C=O) groups excluding carboxylic acids is 1. The second-order valence-electron chi connectivity index (χ2n) is 5.74. The van der Waals surface area contributed by atoms with Gasteiger partial charge in [0.25, 0.3) is 5.91 Å². The molecule has 0 aromatic carbocycles. The van der Waals surface area contributed by atoms with Gasteiger partial charge in [0.1, 0.15) is 5.69 Å². The van der Waals surface area contributed by atoms with Crippen LogP contribution in [0.3, 0.4) is 0 Å². The average Bonchev–Trinajstić information content (AvgIpc) is 2.55. The summed E-state index contributed by atoms with van der Waals surface area (Å²) in [5.41, 5.74) is 1.71. The van der Waals surface area contributed by atoms with Crippen LogP contribution in [0.25, 0.3) is 0 Å². The standard InChI is InChI=1S/C17H27N3O/c1-3-10-19(11-4-2)15-8-9-18-16(14-15)17(21)20-12-6-5-7-13-20/h8-9,14H,3-7,10-13H2,1-2H3. The fourth-order valence-corrected chi connectivity index (χ4v) is 2.90. The molecule has 2 heterocycles. The fraction of sp³-hybridized carbons (Fsp3) is 0.647. The van der Waals surface area contributed by atoms with Crippen molar-refractivity contribution in [2.45, 2.75) is 46.0 Å². The lowest BCUT2D eigenvalue weighted by Gasteiger charge is -2.27. The number of aromatic nitrogens is 1. The molecule has 116 valence electrons. The summed E-state index contributed by atoms with van der Waals surface area (Å²) in [5, 5.41) is 0. The van der Waals surface area contributed by atoms with Gasteiger partial charge in [0.15, 0.2) is 0 Å². The average molecular weight is 289 g/mol. The maximum absolute atomic E-state index is 12.5. The first kappa shape index (κ1) is 15.8. The first-order valence-corrected chi connectivity index (χ1v) is 8.26. The van der Waals surface area contributed by atoms with Gasteiger partial charge in [-0.1, -0.05) is 13.8 Å². The number of nitrogens with zero attached hydrogens (tertiary/aromatic N) is 3. The molecule has 0 spiro atoms. The largest absolute Gasteiger partial charge is 0.371 e. The van der Waals surface area contributed by atoms with Gasteiger partial charge in [-0.05, 0) is 44.2 Å². The molecule has 1 saturated heterocycles. The van der Waals surface area contributed by atoms with Crippen molar-refractivity contribution in [3.63, 3.8) is 0 Å². The zero-order chi connectivity index (χ0) is 15.1. The zero-order valence-electron chi connectivity index (χ0n) is 13.3. The summed E-state index contributed by atoms with van der Waals surface area (Å²) in [5.74, 6) is 0.0875. The molecule has 1 aliphatic rings. The van der Waals surface area contributed by atoms with E-state index in [2.05, 4.69) is 23.7 Å². The monoisotopic (exact) mass is 289 g/mol. The Hall–Kier alpha value is -1.58. The first-order chi connectivity index (χ1) is 10.3. The van der Waals surface area contributed by atoms with E-state index in [1.165, 1.54) is 6.42 Å². The Balaban J connectivity index is 2.13. The van der Waals surface area contributed by atoms with E-state index in [0.717, 1.165) is 57.5 Å². The van der Waals surface area contributed by atoms with Crippen LogP contribution in [-0.4, -0.2) is 42.0 Å².